The number of carbonyl (C=O) groups is 1. The lowest BCUT2D eigenvalue weighted by atomic mass is 10.2. The van der Waals surface area contributed by atoms with Crippen molar-refractivity contribution in [3.05, 3.63) is 52.8 Å². The van der Waals surface area contributed by atoms with Crippen molar-refractivity contribution in [1.82, 2.24) is 4.98 Å². The van der Waals surface area contributed by atoms with Gasteiger partial charge in [0.1, 0.15) is 0 Å². The van der Waals surface area contributed by atoms with Gasteiger partial charge in [0.2, 0.25) is 0 Å². The van der Waals surface area contributed by atoms with Crippen molar-refractivity contribution in [3.8, 4) is 0 Å². The molecule has 0 bridgehead atoms. The summed E-state index contributed by atoms with van der Waals surface area (Å²) < 4.78 is 0. The molecule has 1 heterocycles. The van der Waals surface area contributed by atoms with Crippen LogP contribution >= 0.6 is 11.6 Å². The number of hydrogen-bond acceptors (Lipinski definition) is 3. The summed E-state index contributed by atoms with van der Waals surface area (Å²) in [6, 6.07) is 8.29. The standard InChI is InChI=1S/C13H12ClN3O/c1-8-6-10(4-5-16-8)17-13(18)9-2-3-11(14)12(15)7-9/h2-7H,15H2,1H3,(H,16,17,18). The van der Waals surface area contributed by atoms with Crippen LogP contribution in [0.25, 0.3) is 0 Å². The molecule has 1 aromatic carbocycles. The van der Waals surface area contributed by atoms with E-state index in [0.29, 0.717) is 22.0 Å². The molecular weight excluding hydrogens is 250 g/mol. The Morgan fingerprint density at radius 2 is 2.11 bits per heavy atom. The summed E-state index contributed by atoms with van der Waals surface area (Å²) in [5.41, 5.74) is 8.03. The zero-order chi connectivity index (χ0) is 13.1. The fourth-order valence-electron chi connectivity index (χ4n) is 1.51. The molecule has 0 aliphatic heterocycles. The third-order valence-corrected chi connectivity index (χ3v) is 2.76. The number of halogens is 1. The van der Waals surface area contributed by atoms with E-state index in [0.717, 1.165) is 5.69 Å². The largest absolute Gasteiger partial charge is 0.398 e. The number of nitrogens with two attached hydrogens (primary N) is 1. The minimum Gasteiger partial charge on any atom is -0.398 e. The van der Waals surface area contributed by atoms with Gasteiger partial charge >= 0.3 is 0 Å². The highest BCUT2D eigenvalue weighted by Gasteiger charge is 2.08. The van der Waals surface area contributed by atoms with Gasteiger partial charge in [0.25, 0.3) is 5.91 Å². The number of aryl methyl sites for hydroxylation is 1. The zero-order valence-electron chi connectivity index (χ0n) is 9.77. The first-order valence-electron chi connectivity index (χ1n) is 5.35. The molecule has 0 atom stereocenters. The molecule has 0 aliphatic rings. The van der Waals surface area contributed by atoms with Crippen LogP contribution in [0.4, 0.5) is 11.4 Å². The lowest BCUT2D eigenvalue weighted by Crippen LogP contribution is -2.12. The third kappa shape index (κ3) is 2.78. The van der Waals surface area contributed by atoms with Crippen molar-refractivity contribution in [2.24, 2.45) is 0 Å². The van der Waals surface area contributed by atoms with E-state index in [1.165, 1.54) is 0 Å². The Morgan fingerprint density at radius 3 is 2.78 bits per heavy atom. The molecule has 2 aromatic rings. The third-order valence-electron chi connectivity index (χ3n) is 2.41. The number of benzene rings is 1. The maximum Gasteiger partial charge on any atom is 0.255 e. The summed E-state index contributed by atoms with van der Waals surface area (Å²) in [5, 5.41) is 3.20. The molecule has 0 radical (unpaired) electrons. The molecule has 3 N–H and O–H groups in total. The second kappa shape index (κ2) is 5.06. The monoisotopic (exact) mass is 261 g/mol. The van der Waals surface area contributed by atoms with Crippen molar-refractivity contribution in [1.29, 1.82) is 0 Å². The van der Waals surface area contributed by atoms with Gasteiger partial charge in [-0.1, -0.05) is 11.6 Å². The quantitative estimate of drug-likeness (QED) is 0.817. The van der Waals surface area contributed by atoms with Crippen LogP contribution in [0, 0.1) is 6.92 Å². The van der Waals surface area contributed by atoms with E-state index in [-0.39, 0.29) is 5.91 Å². The second-order valence-corrected chi connectivity index (χ2v) is 4.28. The molecule has 4 nitrogen and oxygen atoms in total. The Labute approximate surface area is 110 Å². The molecule has 0 fully saturated rings. The highest BCUT2D eigenvalue weighted by atomic mass is 35.5. The summed E-state index contributed by atoms with van der Waals surface area (Å²) in [6.07, 6.45) is 1.64. The van der Waals surface area contributed by atoms with E-state index in [4.69, 9.17) is 17.3 Å². The number of nitrogens with zero attached hydrogens (tertiary/aromatic N) is 1. The lowest BCUT2D eigenvalue weighted by Gasteiger charge is -2.06. The zero-order valence-corrected chi connectivity index (χ0v) is 10.5. The Balaban J connectivity index is 2.19. The SMILES string of the molecule is Cc1cc(NC(=O)c2ccc(Cl)c(N)c2)ccn1. The van der Waals surface area contributed by atoms with Gasteiger partial charge in [-0.25, -0.2) is 0 Å². The van der Waals surface area contributed by atoms with Crippen LogP contribution in [0.15, 0.2) is 36.5 Å². The molecule has 2 rings (SSSR count). The first-order valence-corrected chi connectivity index (χ1v) is 5.73. The molecule has 1 amide bonds. The maximum atomic E-state index is 12.0. The van der Waals surface area contributed by atoms with Crippen molar-refractivity contribution in [3.63, 3.8) is 0 Å². The first kappa shape index (κ1) is 12.4. The van der Waals surface area contributed by atoms with Crippen LogP contribution in [0.3, 0.4) is 0 Å². The Morgan fingerprint density at radius 1 is 1.33 bits per heavy atom. The van der Waals surface area contributed by atoms with Gasteiger partial charge in [-0.2, -0.15) is 0 Å². The average Bonchev–Trinajstić information content (AvgIpc) is 2.32. The van der Waals surface area contributed by atoms with E-state index in [9.17, 15) is 4.79 Å². The topological polar surface area (TPSA) is 68.0 Å². The van der Waals surface area contributed by atoms with Gasteiger partial charge < -0.3 is 11.1 Å². The molecule has 18 heavy (non-hydrogen) atoms. The van der Waals surface area contributed by atoms with Crippen LogP contribution in [-0.4, -0.2) is 10.9 Å². The minimum absolute atomic E-state index is 0.232. The molecule has 1 aromatic heterocycles. The summed E-state index contributed by atoms with van der Waals surface area (Å²) in [7, 11) is 0. The molecule has 0 saturated carbocycles. The van der Waals surface area contributed by atoms with Crippen LogP contribution < -0.4 is 11.1 Å². The fraction of sp³-hybridized carbons (Fsp3) is 0.0769. The Hall–Kier alpha value is -2.07. The van der Waals surface area contributed by atoms with E-state index in [1.54, 1.807) is 36.5 Å². The molecule has 0 spiro atoms. The van der Waals surface area contributed by atoms with Crippen molar-refractivity contribution in [2.75, 3.05) is 11.1 Å². The summed E-state index contributed by atoms with van der Waals surface area (Å²) >= 11 is 5.80. The number of anilines is 2. The van der Waals surface area contributed by atoms with Gasteiger partial charge in [0, 0.05) is 23.1 Å². The number of hydrogen-bond donors (Lipinski definition) is 2. The lowest BCUT2D eigenvalue weighted by molar-refractivity contribution is 0.102. The highest BCUT2D eigenvalue weighted by Crippen LogP contribution is 2.20. The van der Waals surface area contributed by atoms with Gasteiger partial charge in [0.15, 0.2) is 0 Å². The van der Waals surface area contributed by atoms with Crippen LogP contribution in [0.5, 0.6) is 0 Å². The number of nitrogen functional groups attached to an aromatic ring is 1. The van der Waals surface area contributed by atoms with Gasteiger partial charge in [-0.15, -0.1) is 0 Å². The number of carbonyl (C=O) groups excluding carboxylic acids is 1. The maximum absolute atomic E-state index is 12.0. The van der Waals surface area contributed by atoms with E-state index >= 15 is 0 Å². The number of pyridine rings is 1. The first-order chi connectivity index (χ1) is 8.56. The van der Waals surface area contributed by atoms with Gasteiger partial charge in [0.05, 0.1) is 10.7 Å². The average molecular weight is 262 g/mol. The molecule has 5 heteroatoms. The van der Waals surface area contributed by atoms with Crippen LogP contribution in [0.1, 0.15) is 16.1 Å². The van der Waals surface area contributed by atoms with Crippen LogP contribution in [0.2, 0.25) is 5.02 Å². The number of amides is 1. The normalized spacial score (nSPS) is 10.1. The number of nitrogens with one attached hydrogen (secondary N) is 1. The van der Waals surface area contributed by atoms with E-state index < -0.39 is 0 Å². The Kier molecular flexibility index (Phi) is 3.48. The smallest absolute Gasteiger partial charge is 0.255 e. The Bertz CT molecular complexity index is 599. The molecule has 0 saturated heterocycles. The van der Waals surface area contributed by atoms with Gasteiger partial charge in [-0.05, 0) is 37.3 Å². The second-order valence-electron chi connectivity index (χ2n) is 3.88. The fourth-order valence-corrected chi connectivity index (χ4v) is 1.63. The number of rotatable bonds is 2. The van der Waals surface area contributed by atoms with E-state index in [2.05, 4.69) is 10.3 Å². The summed E-state index contributed by atoms with van der Waals surface area (Å²) in [4.78, 5) is 16.0. The summed E-state index contributed by atoms with van der Waals surface area (Å²) in [6.45, 7) is 1.86. The predicted molar refractivity (Wildman–Crippen MR) is 72.8 cm³/mol. The van der Waals surface area contributed by atoms with Crippen molar-refractivity contribution >= 4 is 28.9 Å². The minimum atomic E-state index is -0.232. The molecule has 92 valence electrons. The summed E-state index contributed by atoms with van der Waals surface area (Å²) in [5.74, 6) is -0.232. The van der Waals surface area contributed by atoms with Crippen molar-refractivity contribution < 1.29 is 4.79 Å². The van der Waals surface area contributed by atoms with Crippen molar-refractivity contribution in [2.45, 2.75) is 6.92 Å². The number of aromatic nitrogens is 1. The predicted octanol–water partition coefficient (Wildman–Crippen LogP) is 2.88. The van der Waals surface area contributed by atoms with Crippen LogP contribution in [-0.2, 0) is 0 Å². The highest BCUT2D eigenvalue weighted by molar-refractivity contribution is 6.33. The molecule has 0 unspecified atom stereocenters. The van der Waals surface area contributed by atoms with E-state index in [1.807, 2.05) is 6.92 Å². The van der Waals surface area contributed by atoms with Gasteiger partial charge in [-0.3, -0.25) is 9.78 Å². The molecule has 0 aliphatic carbocycles. The molecular formula is C13H12ClN3O.